The summed E-state index contributed by atoms with van der Waals surface area (Å²) in [5.41, 5.74) is 4.07. The topological polar surface area (TPSA) is 58.6 Å². The monoisotopic (exact) mass is 392 g/mol. The van der Waals surface area contributed by atoms with Gasteiger partial charge in [-0.05, 0) is 67.1 Å². The highest BCUT2D eigenvalue weighted by Gasteiger charge is 2.31. The zero-order valence-corrected chi connectivity index (χ0v) is 16.9. The van der Waals surface area contributed by atoms with Crippen LogP contribution in [0.4, 0.5) is 11.4 Å². The van der Waals surface area contributed by atoms with Gasteiger partial charge in [0.05, 0.1) is 7.11 Å². The van der Waals surface area contributed by atoms with Gasteiger partial charge in [0.25, 0.3) is 0 Å². The number of fused-ring (bicyclic) bond motifs is 1. The minimum atomic E-state index is -0.00217. The Hall–Kier alpha value is -2.82. The van der Waals surface area contributed by atoms with Crippen molar-refractivity contribution in [3.63, 3.8) is 0 Å². The molecule has 1 N–H and O–H groups in total. The van der Waals surface area contributed by atoms with Gasteiger partial charge in [-0.1, -0.05) is 25.0 Å². The van der Waals surface area contributed by atoms with Crippen LogP contribution >= 0.6 is 0 Å². The van der Waals surface area contributed by atoms with Crippen LogP contribution in [0.25, 0.3) is 0 Å². The molecule has 2 aromatic carbocycles. The molecule has 1 aliphatic carbocycles. The fraction of sp³-hybridized carbons (Fsp3) is 0.417. The van der Waals surface area contributed by atoms with Gasteiger partial charge in [0.15, 0.2) is 0 Å². The van der Waals surface area contributed by atoms with Crippen LogP contribution in [0, 0.1) is 5.92 Å². The van der Waals surface area contributed by atoms with Crippen LogP contribution in [0.3, 0.4) is 0 Å². The summed E-state index contributed by atoms with van der Waals surface area (Å²) >= 11 is 0. The second-order valence-electron chi connectivity index (χ2n) is 7.96. The van der Waals surface area contributed by atoms with Crippen molar-refractivity contribution in [3.05, 3.63) is 53.6 Å². The Kier molecular flexibility index (Phi) is 5.84. The SMILES string of the molecule is COc1ccc(CCC(=O)Nc2ccc3c(c2)CCN3C(=O)C2CCCC2)cc1. The second kappa shape index (κ2) is 8.68. The zero-order valence-electron chi connectivity index (χ0n) is 16.9. The van der Waals surface area contributed by atoms with Gasteiger partial charge in [0.2, 0.25) is 11.8 Å². The minimum Gasteiger partial charge on any atom is -0.497 e. The number of nitrogens with zero attached hydrogens (tertiary/aromatic N) is 1. The van der Waals surface area contributed by atoms with Crippen molar-refractivity contribution in [1.82, 2.24) is 0 Å². The molecule has 152 valence electrons. The summed E-state index contributed by atoms with van der Waals surface area (Å²) < 4.78 is 5.16. The third-order valence-corrected chi connectivity index (χ3v) is 6.03. The molecule has 1 saturated carbocycles. The first-order valence-electron chi connectivity index (χ1n) is 10.5. The molecule has 4 rings (SSSR count). The van der Waals surface area contributed by atoms with E-state index in [0.717, 1.165) is 54.1 Å². The van der Waals surface area contributed by atoms with E-state index in [2.05, 4.69) is 5.32 Å². The number of hydrogen-bond donors (Lipinski definition) is 1. The summed E-state index contributed by atoms with van der Waals surface area (Å²) in [6, 6.07) is 13.7. The van der Waals surface area contributed by atoms with E-state index in [4.69, 9.17) is 4.74 Å². The Bertz CT molecular complexity index is 885. The smallest absolute Gasteiger partial charge is 0.230 e. The number of aryl methyl sites for hydroxylation is 1. The van der Waals surface area contributed by atoms with Gasteiger partial charge in [-0.25, -0.2) is 0 Å². The third kappa shape index (κ3) is 4.44. The van der Waals surface area contributed by atoms with E-state index in [9.17, 15) is 9.59 Å². The van der Waals surface area contributed by atoms with Gasteiger partial charge in [0.1, 0.15) is 5.75 Å². The molecule has 29 heavy (non-hydrogen) atoms. The van der Waals surface area contributed by atoms with Crippen LogP contribution in [0.15, 0.2) is 42.5 Å². The van der Waals surface area contributed by atoms with E-state index in [1.807, 2.05) is 47.4 Å². The van der Waals surface area contributed by atoms with E-state index in [-0.39, 0.29) is 17.7 Å². The van der Waals surface area contributed by atoms with Crippen molar-refractivity contribution >= 4 is 23.2 Å². The quantitative estimate of drug-likeness (QED) is 0.795. The van der Waals surface area contributed by atoms with E-state index < -0.39 is 0 Å². The highest BCUT2D eigenvalue weighted by Crippen LogP contribution is 2.34. The van der Waals surface area contributed by atoms with Crippen molar-refractivity contribution < 1.29 is 14.3 Å². The number of benzene rings is 2. The number of hydrogen-bond acceptors (Lipinski definition) is 3. The van der Waals surface area contributed by atoms with Gasteiger partial charge >= 0.3 is 0 Å². The maximum atomic E-state index is 12.8. The summed E-state index contributed by atoms with van der Waals surface area (Å²) in [5.74, 6) is 1.28. The molecule has 0 unspecified atom stereocenters. The fourth-order valence-electron chi connectivity index (χ4n) is 4.38. The lowest BCUT2D eigenvalue weighted by Gasteiger charge is -2.21. The maximum Gasteiger partial charge on any atom is 0.230 e. The number of carbonyl (C=O) groups excluding carboxylic acids is 2. The first-order chi connectivity index (χ1) is 14.1. The fourth-order valence-corrected chi connectivity index (χ4v) is 4.38. The largest absolute Gasteiger partial charge is 0.497 e. The van der Waals surface area contributed by atoms with E-state index in [1.54, 1.807) is 7.11 Å². The Morgan fingerprint density at radius 2 is 1.86 bits per heavy atom. The zero-order chi connectivity index (χ0) is 20.2. The Morgan fingerprint density at radius 1 is 1.10 bits per heavy atom. The number of nitrogens with one attached hydrogen (secondary N) is 1. The summed E-state index contributed by atoms with van der Waals surface area (Å²) in [6.07, 6.45) is 6.33. The molecule has 2 aliphatic rings. The van der Waals surface area contributed by atoms with Crippen LogP contribution in [-0.2, 0) is 22.4 Å². The Morgan fingerprint density at radius 3 is 2.59 bits per heavy atom. The maximum absolute atomic E-state index is 12.8. The second-order valence-corrected chi connectivity index (χ2v) is 7.96. The number of rotatable bonds is 6. The van der Waals surface area contributed by atoms with Gasteiger partial charge in [-0.15, -0.1) is 0 Å². The van der Waals surface area contributed by atoms with Gasteiger partial charge < -0.3 is 15.0 Å². The number of anilines is 2. The third-order valence-electron chi connectivity index (χ3n) is 6.03. The number of methoxy groups -OCH3 is 1. The number of ether oxygens (including phenoxy) is 1. The normalized spacial score (nSPS) is 16.0. The van der Waals surface area contributed by atoms with E-state index in [0.29, 0.717) is 12.8 Å². The molecule has 0 atom stereocenters. The standard InChI is InChI=1S/C24H28N2O3/c1-29-21-10-6-17(7-11-21)8-13-23(27)25-20-9-12-22-19(16-20)14-15-26(22)24(28)18-4-2-3-5-18/h6-7,9-12,16,18H,2-5,8,13-15H2,1H3,(H,25,27). The number of amides is 2. The van der Waals surface area contributed by atoms with E-state index in [1.165, 1.54) is 12.8 Å². The first-order valence-corrected chi connectivity index (χ1v) is 10.5. The molecule has 2 amide bonds. The molecule has 1 heterocycles. The molecule has 2 aromatic rings. The number of carbonyl (C=O) groups is 2. The Balaban J connectivity index is 1.34. The molecule has 0 saturated heterocycles. The molecule has 0 radical (unpaired) electrons. The average Bonchev–Trinajstić information content (AvgIpc) is 3.42. The highest BCUT2D eigenvalue weighted by molar-refractivity contribution is 5.98. The van der Waals surface area contributed by atoms with Crippen molar-refractivity contribution in [2.75, 3.05) is 23.9 Å². The van der Waals surface area contributed by atoms with Crippen molar-refractivity contribution in [2.24, 2.45) is 5.92 Å². The van der Waals surface area contributed by atoms with Crippen molar-refractivity contribution in [1.29, 1.82) is 0 Å². The average molecular weight is 392 g/mol. The lowest BCUT2D eigenvalue weighted by Crippen LogP contribution is -2.33. The minimum absolute atomic E-state index is 0.00217. The van der Waals surface area contributed by atoms with Crippen LogP contribution in [0.2, 0.25) is 0 Å². The summed E-state index contributed by atoms with van der Waals surface area (Å²) in [5, 5.41) is 3.00. The molecular formula is C24H28N2O3. The molecule has 5 heteroatoms. The molecule has 0 bridgehead atoms. The summed E-state index contributed by atoms with van der Waals surface area (Å²) in [6.45, 7) is 0.750. The molecule has 5 nitrogen and oxygen atoms in total. The van der Waals surface area contributed by atoms with Gasteiger partial charge in [-0.2, -0.15) is 0 Å². The summed E-state index contributed by atoms with van der Waals surface area (Å²) in [7, 11) is 1.64. The van der Waals surface area contributed by atoms with E-state index >= 15 is 0 Å². The molecule has 0 aromatic heterocycles. The van der Waals surface area contributed by atoms with Crippen LogP contribution < -0.4 is 15.0 Å². The first kappa shape index (κ1) is 19.5. The Labute approximate surface area is 172 Å². The summed E-state index contributed by atoms with van der Waals surface area (Å²) in [4.78, 5) is 27.1. The van der Waals surface area contributed by atoms with Crippen molar-refractivity contribution in [2.45, 2.75) is 44.9 Å². The molecule has 1 aliphatic heterocycles. The van der Waals surface area contributed by atoms with Crippen LogP contribution in [0.1, 0.15) is 43.2 Å². The lowest BCUT2D eigenvalue weighted by molar-refractivity contribution is -0.122. The van der Waals surface area contributed by atoms with Crippen LogP contribution in [-0.4, -0.2) is 25.5 Å². The predicted octanol–water partition coefficient (Wildman–Crippen LogP) is 4.35. The lowest BCUT2D eigenvalue weighted by atomic mass is 10.1. The molecule has 1 fully saturated rings. The van der Waals surface area contributed by atoms with Gasteiger partial charge in [0, 0.05) is 30.3 Å². The highest BCUT2D eigenvalue weighted by atomic mass is 16.5. The van der Waals surface area contributed by atoms with Gasteiger partial charge in [-0.3, -0.25) is 9.59 Å². The predicted molar refractivity (Wildman–Crippen MR) is 114 cm³/mol. The molecular weight excluding hydrogens is 364 g/mol. The molecule has 0 spiro atoms. The van der Waals surface area contributed by atoms with Crippen molar-refractivity contribution in [3.8, 4) is 5.75 Å². The van der Waals surface area contributed by atoms with Crippen LogP contribution in [0.5, 0.6) is 5.75 Å².